The largest absolute Gasteiger partial charge is 0.295 e. The summed E-state index contributed by atoms with van der Waals surface area (Å²) in [6, 6.07) is 3.88. The fourth-order valence-electron chi connectivity index (χ4n) is 1.15. The molecular formula is C10H11IO. The van der Waals surface area contributed by atoms with Crippen LogP contribution >= 0.6 is 22.6 Å². The van der Waals surface area contributed by atoms with E-state index in [0.29, 0.717) is 0 Å². The Hall–Kier alpha value is -0.380. The van der Waals surface area contributed by atoms with Gasteiger partial charge in [-0.1, -0.05) is 0 Å². The van der Waals surface area contributed by atoms with Crippen molar-refractivity contribution in [3.63, 3.8) is 0 Å². The molecule has 0 spiro atoms. The lowest BCUT2D eigenvalue weighted by Gasteiger charge is -2.04. The van der Waals surface area contributed by atoms with E-state index in [1.807, 2.05) is 26.0 Å². The van der Waals surface area contributed by atoms with Crippen LogP contribution in [0, 0.1) is 17.4 Å². The lowest BCUT2D eigenvalue weighted by atomic mass is 10.1. The van der Waals surface area contributed by atoms with Gasteiger partial charge in [-0.05, 0) is 66.6 Å². The maximum absolute atomic E-state index is 11.1. The molecular weight excluding hydrogens is 263 g/mol. The van der Waals surface area contributed by atoms with Gasteiger partial charge in [0.25, 0.3) is 0 Å². The van der Waals surface area contributed by atoms with Crippen molar-refractivity contribution < 1.29 is 4.79 Å². The third kappa shape index (κ3) is 1.86. The number of benzene rings is 1. The van der Waals surface area contributed by atoms with Crippen molar-refractivity contribution in [1.82, 2.24) is 0 Å². The van der Waals surface area contributed by atoms with E-state index >= 15 is 0 Å². The van der Waals surface area contributed by atoms with Gasteiger partial charge in [-0.2, -0.15) is 0 Å². The average molecular weight is 274 g/mol. The summed E-state index contributed by atoms with van der Waals surface area (Å²) in [5.74, 6) is 0.137. The van der Waals surface area contributed by atoms with Gasteiger partial charge in [-0.25, -0.2) is 0 Å². The molecule has 0 heterocycles. The van der Waals surface area contributed by atoms with Gasteiger partial charge < -0.3 is 0 Å². The number of aryl methyl sites for hydroxylation is 2. The topological polar surface area (TPSA) is 17.1 Å². The molecule has 0 amide bonds. The zero-order valence-corrected chi connectivity index (χ0v) is 9.60. The smallest absolute Gasteiger partial charge is 0.159 e. The highest BCUT2D eigenvalue weighted by atomic mass is 127. The quantitative estimate of drug-likeness (QED) is 0.568. The maximum Gasteiger partial charge on any atom is 0.159 e. The summed E-state index contributed by atoms with van der Waals surface area (Å²) in [4.78, 5) is 11.1. The second kappa shape index (κ2) is 3.56. The zero-order chi connectivity index (χ0) is 9.30. The number of rotatable bonds is 1. The molecule has 1 nitrogen and oxygen atoms in total. The standard InChI is InChI=1S/C10H11IO/c1-6-4-9(8(3)12)5-7(2)10(6)11/h4-5H,1-3H3. The predicted molar refractivity (Wildman–Crippen MR) is 58.6 cm³/mol. The summed E-state index contributed by atoms with van der Waals surface area (Å²) in [6.07, 6.45) is 0. The molecule has 12 heavy (non-hydrogen) atoms. The van der Waals surface area contributed by atoms with E-state index in [0.717, 1.165) is 5.56 Å². The number of carbonyl (C=O) groups excluding carboxylic acids is 1. The predicted octanol–water partition coefficient (Wildman–Crippen LogP) is 3.11. The Morgan fingerprint density at radius 1 is 1.25 bits per heavy atom. The fraction of sp³-hybridized carbons (Fsp3) is 0.300. The normalized spacial score (nSPS) is 10.0. The molecule has 0 aliphatic carbocycles. The SMILES string of the molecule is CC(=O)c1cc(C)c(I)c(C)c1. The Balaban J connectivity index is 3.31. The minimum atomic E-state index is 0.137. The Morgan fingerprint density at radius 3 is 2.00 bits per heavy atom. The highest BCUT2D eigenvalue weighted by molar-refractivity contribution is 14.1. The van der Waals surface area contributed by atoms with Gasteiger partial charge in [0.05, 0.1) is 0 Å². The van der Waals surface area contributed by atoms with E-state index in [4.69, 9.17) is 0 Å². The summed E-state index contributed by atoms with van der Waals surface area (Å²) in [7, 11) is 0. The second-order valence-corrected chi connectivity index (χ2v) is 4.06. The van der Waals surface area contributed by atoms with Crippen molar-refractivity contribution in [3.8, 4) is 0 Å². The van der Waals surface area contributed by atoms with E-state index < -0.39 is 0 Å². The first-order valence-electron chi connectivity index (χ1n) is 3.80. The Labute approximate surface area is 86.3 Å². The van der Waals surface area contributed by atoms with Gasteiger partial charge in [0.1, 0.15) is 0 Å². The van der Waals surface area contributed by atoms with Crippen molar-refractivity contribution in [3.05, 3.63) is 32.4 Å². The third-order valence-corrected chi connectivity index (χ3v) is 3.54. The molecule has 0 radical (unpaired) electrons. The molecule has 0 saturated heterocycles. The highest BCUT2D eigenvalue weighted by Crippen LogP contribution is 2.18. The van der Waals surface area contributed by atoms with E-state index in [1.54, 1.807) is 6.92 Å². The Morgan fingerprint density at radius 2 is 1.67 bits per heavy atom. The van der Waals surface area contributed by atoms with Crippen LogP contribution in [-0.4, -0.2) is 5.78 Å². The molecule has 0 atom stereocenters. The maximum atomic E-state index is 11.1. The third-order valence-electron chi connectivity index (χ3n) is 1.84. The number of hydrogen-bond acceptors (Lipinski definition) is 1. The molecule has 0 bridgehead atoms. The first-order valence-corrected chi connectivity index (χ1v) is 4.88. The van der Waals surface area contributed by atoms with Gasteiger partial charge in [-0.3, -0.25) is 4.79 Å². The minimum absolute atomic E-state index is 0.137. The van der Waals surface area contributed by atoms with Crippen LogP contribution in [-0.2, 0) is 0 Å². The van der Waals surface area contributed by atoms with Crippen molar-refractivity contribution in [1.29, 1.82) is 0 Å². The first-order chi connectivity index (χ1) is 5.52. The van der Waals surface area contributed by atoms with Gasteiger partial charge in [0, 0.05) is 9.13 Å². The zero-order valence-electron chi connectivity index (χ0n) is 7.44. The van der Waals surface area contributed by atoms with E-state index in [-0.39, 0.29) is 5.78 Å². The van der Waals surface area contributed by atoms with E-state index in [1.165, 1.54) is 14.7 Å². The summed E-state index contributed by atoms with van der Waals surface area (Å²) >= 11 is 2.30. The summed E-state index contributed by atoms with van der Waals surface area (Å²) in [5.41, 5.74) is 3.17. The number of hydrogen-bond donors (Lipinski definition) is 0. The van der Waals surface area contributed by atoms with Crippen LogP contribution in [0.25, 0.3) is 0 Å². The molecule has 0 N–H and O–H groups in total. The molecule has 1 aromatic rings. The monoisotopic (exact) mass is 274 g/mol. The van der Waals surface area contributed by atoms with Gasteiger partial charge in [-0.15, -0.1) is 0 Å². The minimum Gasteiger partial charge on any atom is -0.295 e. The molecule has 0 aliphatic rings. The van der Waals surface area contributed by atoms with Crippen molar-refractivity contribution in [2.24, 2.45) is 0 Å². The summed E-state index contributed by atoms with van der Waals surface area (Å²) in [5, 5.41) is 0. The molecule has 0 unspecified atom stereocenters. The van der Waals surface area contributed by atoms with E-state index in [2.05, 4.69) is 22.6 Å². The Kier molecular flexibility index (Phi) is 2.88. The second-order valence-electron chi connectivity index (χ2n) is 2.98. The molecule has 0 saturated carbocycles. The van der Waals surface area contributed by atoms with Crippen LogP contribution in [0.2, 0.25) is 0 Å². The molecule has 0 aliphatic heterocycles. The number of carbonyl (C=O) groups is 1. The van der Waals surface area contributed by atoms with Crippen LogP contribution in [0.1, 0.15) is 28.4 Å². The number of Topliss-reactive ketones (excluding diaryl/α,β-unsaturated/α-hetero) is 1. The van der Waals surface area contributed by atoms with Crippen LogP contribution in [0.4, 0.5) is 0 Å². The average Bonchev–Trinajstić information content (AvgIpc) is 1.99. The molecule has 1 aromatic carbocycles. The van der Waals surface area contributed by atoms with Crippen molar-refractivity contribution in [2.75, 3.05) is 0 Å². The highest BCUT2D eigenvalue weighted by Gasteiger charge is 2.04. The summed E-state index contributed by atoms with van der Waals surface area (Å²) in [6.45, 7) is 5.66. The van der Waals surface area contributed by atoms with Gasteiger partial charge in [0.2, 0.25) is 0 Å². The molecule has 0 fully saturated rings. The van der Waals surface area contributed by atoms with Crippen LogP contribution in [0.15, 0.2) is 12.1 Å². The fourth-order valence-corrected chi connectivity index (χ4v) is 1.46. The van der Waals surface area contributed by atoms with Crippen molar-refractivity contribution in [2.45, 2.75) is 20.8 Å². The van der Waals surface area contributed by atoms with Crippen LogP contribution in [0.5, 0.6) is 0 Å². The van der Waals surface area contributed by atoms with Crippen LogP contribution < -0.4 is 0 Å². The lowest BCUT2D eigenvalue weighted by Crippen LogP contribution is -1.96. The molecule has 64 valence electrons. The number of halogens is 1. The lowest BCUT2D eigenvalue weighted by molar-refractivity contribution is 0.101. The van der Waals surface area contributed by atoms with E-state index in [9.17, 15) is 4.79 Å². The van der Waals surface area contributed by atoms with Gasteiger partial charge >= 0.3 is 0 Å². The molecule has 2 heteroatoms. The first kappa shape index (κ1) is 9.71. The molecule has 1 rings (SSSR count). The van der Waals surface area contributed by atoms with Gasteiger partial charge in [0.15, 0.2) is 5.78 Å². The Bertz CT molecular complexity index is 306. The number of ketones is 1. The van der Waals surface area contributed by atoms with Crippen LogP contribution in [0.3, 0.4) is 0 Å². The van der Waals surface area contributed by atoms with Crippen molar-refractivity contribution >= 4 is 28.4 Å². The molecule has 0 aromatic heterocycles. The summed E-state index contributed by atoms with van der Waals surface area (Å²) < 4.78 is 1.25.